The van der Waals surface area contributed by atoms with E-state index in [-0.39, 0.29) is 5.91 Å². The number of benzene rings is 1. The number of nitrogens with one attached hydrogen (secondary N) is 1. The van der Waals surface area contributed by atoms with Gasteiger partial charge in [0.05, 0.1) is 68.2 Å². The molecule has 170 valence electrons. The van der Waals surface area contributed by atoms with Gasteiger partial charge in [-0.15, -0.1) is 0 Å². The Morgan fingerprint density at radius 2 is 2.15 bits per heavy atom. The Hall–Kier alpha value is -3.68. The van der Waals surface area contributed by atoms with Crippen LogP contribution in [0, 0.1) is 11.3 Å². The number of methoxy groups -OCH3 is 1. The molecule has 3 heterocycles. The third-order valence-electron chi connectivity index (χ3n) is 5.10. The molecule has 0 aliphatic carbocycles. The molecule has 1 aromatic carbocycles. The van der Waals surface area contributed by atoms with Crippen LogP contribution in [0.3, 0.4) is 0 Å². The van der Waals surface area contributed by atoms with Gasteiger partial charge in [-0.3, -0.25) is 9.48 Å². The van der Waals surface area contributed by atoms with E-state index in [1.54, 1.807) is 40.2 Å². The number of amides is 1. The number of carbonyl (C=O) groups is 1. The number of hydrogen-bond acceptors (Lipinski definition) is 8. The first-order chi connectivity index (χ1) is 16.1. The van der Waals surface area contributed by atoms with Crippen molar-refractivity contribution < 1.29 is 14.3 Å². The zero-order valence-electron chi connectivity index (χ0n) is 18.0. The number of ether oxygens (including phenoxy) is 2. The van der Waals surface area contributed by atoms with E-state index in [9.17, 15) is 4.79 Å². The van der Waals surface area contributed by atoms with Crippen LogP contribution in [-0.4, -0.2) is 64.0 Å². The first-order valence-electron chi connectivity index (χ1n) is 10.3. The number of carbonyl (C=O) groups excluding carboxylic acids is 1. The molecule has 1 aliphatic heterocycles. The lowest BCUT2D eigenvalue weighted by atomic mass is 10.1. The molecule has 1 N–H and O–H groups in total. The monoisotopic (exact) mass is 467 g/mol. The highest BCUT2D eigenvalue weighted by molar-refractivity contribution is 6.32. The van der Waals surface area contributed by atoms with Crippen LogP contribution in [0.4, 0.5) is 11.6 Å². The lowest BCUT2D eigenvalue weighted by Crippen LogP contribution is -2.40. The molecule has 1 amide bonds. The predicted octanol–water partition coefficient (Wildman–Crippen LogP) is 3.13. The molecule has 0 bridgehead atoms. The molecule has 0 saturated carbocycles. The normalized spacial score (nSPS) is 13.4. The fourth-order valence-corrected chi connectivity index (χ4v) is 3.60. The molecule has 1 saturated heterocycles. The first-order valence-corrected chi connectivity index (χ1v) is 10.7. The van der Waals surface area contributed by atoms with Crippen molar-refractivity contribution in [2.24, 2.45) is 0 Å². The molecule has 3 aromatic rings. The average Bonchev–Trinajstić information content (AvgIpc) is 3.33. The number of rotatable bonds is 7. The lowest BCUT2D eigenvalue weighted by molar-refractivity contribution is 0.0302. The van der Waals surface area contributed by atoms with E-state index in [2.05, 4.69) is 26.5 Å². The summed E-state index contributed by atoms with van der Waals surface area (Å²) in [5, 5.41) is 16.5. The maximum Gasteiger partial charge on any atom is 0.254 e. The zero-order chi connectivity index (χ0) is 23.2. The molecule has 2 aromatic heterocycles. The number of anilines is 2. The summed E-state index contributed by atoms with van der Waals surface area (Å²) in [6.07, 6.45) is 5.28. The summed E-state index contributed by atoms with van der Waals surface area (Å²) in [6, 6.07) is 7.27. The van der Waals surface area contributed by atoms with Gasteiger partial charge in [-0.05, 0) is 18.2 Å². The maximum atomic E-state index is 12.8. The Morgan fingerprint density at radius 3 is 2.91 bits per heavy atom. The molecular weight excluding hydrogens is 446 g/mol. The summed E-state index contributed by atoms with van der Waals surface area (Å²) in [7, 11) is 1.54. The van der Waals surface area contributed by atoms with Crippen LogP contribution in [-0.2, 0) is 11.3 Å². The maximum absolute atomic E-state index is 12.8. The Bertz CT molecular complexity index is 1180. The summed E-state index contributed by atoms with van der Waals surface area (Å²) in [5.74, 6) is 0.727. The van der Waals surface area contributed by atoms with Gasteiger partial charge >= 0.3 is 0 Å². The highest BCUT2D eigenvalue weighted by Crippen LogP contribution is 2.31. The fourth-order valence-electron chi connectivity index (χ4n) is 3.40. The van der Waals surface area contributed by atoms with Crippen molar-refractivity contribution in [3.8, 4) is 23.1 Å². The lowest BCUT2D eigenvalue weighted by Gasteiger charge is -2.27. The summed E-state index contributed by atoms with van der Waals surface area (Å²) < 4.78 is 12.5. The zero-order valence-corrected chi connectivity index (χ0v) is 18.7. The Kier molecular flexibility index (Phi) is 7.02. The molecule has 4 rings (SSSR count). The average molecular weight is 468 g/mol. The van der Waals surface area contributed by atoms with Crippen molar-refractivity contribution in [2.75, 3.05) is 38.7 Å². The molecular formula is C22H22ClN7O3. The molecule has 0 unspecified atom stereocenters. The van der Waals surface area contributed by atoms with Crippen molar-refractivity contribution in [3.63, 3.8) is 0 Å². The predicted molar refractivity (Wildman–Crippen MR) is 121 cm³/mol. The van der Waals surface area contributed by atoms with E-state index < -0.39 is 0 Å². The second-order valence-electron chi connectivity index (χ2n) is 7.23. The number of aromatic nitrogens is 4. The molecule has 1 aliphatic rings. The van der Waals surface area contributed by atoms with E-state index >= 15 is 0 Å². The van der Waals surface area contributed by atoms with Crippen LogP contribution < -0.4 is 10.1 Å². The highest BCUT2D eigenvalue weighted by atomic mass is 35.5. The van der Waals surface area contributed by atoms with E-state index in [1.165, 1.54) is 13.3 Å². The van der Waals surface area contributed by atoms with Gasteiger partial charge in [0, 0.05) is 30.4 Å². The number of nitrogens with zero attached hydrogens (tertiary/aromatic N) is 6. The van der Waals surface area contributed by atoms with Crippen LogP contribution >= 0.6 is 11.6 Å². The second-order valence-corrected chi connectivity index (χ2v) is 7.64. The largest absolute Gasteiger partial charge is 0.495 e. The number of morpholine rings is 1. The van der Waals surface area contributed by atoms with Gasteiger partial charge < -0.3 is 19.7 Å². The standard InChI is InChI=1S/C22H22ClN7O3/c1-32-19-11-15(21(31)29-7-9-33-10-8-29)3-4-18(19)27-22-25-13-17(23)20(28-22)16-12-26-30(14-16)6-2-5-24/h3-4,11-14H,2,6-10H2,1H3,(H,25,27,28). The summed E-state index contributed by atoms with van der Waals surface area (Å²) in [4.78, 5) is 23.3. The fraction of sp³-hybridized carbons (Fsp3) is 0.318. The number of aryl methyl sites for hydroxylation is 1. The van der Waals surface area contributed by atoms with E-state index in [0.717, 1.165) is 0 Å². The van der Waals surface area contributed by atoms with Gasteiger partial charge in [0.15, 0.2) is 0 Å². The molecule has 0 radical (unpaired) electrons. The number of nitriles is 1. The minimum absolute atomic E-state index is 0.0680. The van der Waals surface area contributed by atoms with E-state index in [1.807, 2.05) is 0 Å². The van der Waals surface area contributed by atoms with Gasteiger partial charge in [0.2, 0.25) is 5.95 Å². The van der Waals surface area contributed by atoms with Gasteiger partial charge in [0.25, 0.3) is 5.91 Å². The minimum Gasteiger partial charge on any atom is -0.495 e. The molecule has 0 spiro atoms. The quantitative estimate of drug-likeness (QED) is 0.563. The number of hydrogen-bond donors (Lipinski definition) is 1. The Balaban J connectivity index is 1.55. The summed E-state index contributed by atoms with van der Waals surface area (Å²) in [5.41, 5.74) is 2.35. The second kappa shape index (κ2) is 10.3. The van der Waals surface area contributed by atoms with Gasteiger partial charge in [0.1, 0.15) is 5.75 Å². The highest BCUT2D eigenvalue weighted by Gasteiger charge is 2.20. The number of halogens is 1. The van der Waals surface area contributed by atoms with Crippen molar-refractivity contribution >= 4 is 29.1 Å². The third kappa shape index (κ3) is 5.22. The van der Waals surface area contributed by atoms with Crippen molar-refractivity contribution in [3.05, 3.63) is 47.4 Å². The van der Waals surface area contributed by atoms with E-state index in [4.69, 9.17) is 26.3 Å². The van der Waals surface area contributed by atoms with E-state index in [0.29, 0.717) is 78.5 Å². The first kappa shape index (κ1) is 22.5. The summed E-state index contributed by atoms with van der Waals surface area (Å²) >= 11 is 6.32. The van der Waals surface area contributed by atoms with Crippen LogP contribution in [0.5, 0.6) is 5.75 Å². The van der Waals surface area contributed by atoms with Crippen LogP contribution in [0.1, 0.15) is 16.8 Å². The smallest absolute Gasteiger partial charge is 0.254 e. The van der Waals surface area contributed by atoms with Gasteiger partial charge in [-0.1, -0.05) is 11.6 Å². The topological polar surface area (TPSA) is 118 Å². The summed E-state index contributed by atoms with van der Waals surface area (Å²) in [6.45, 7) is 2.69. The van der Waals surface area contributed by atoms with Crippen molar-refractivity contribution in [1.82, 2.24) is 24.6 Å². The third-order valence-corrected chi connectivity index (χ3v) is 5.37. The van der Waals surface area contributed by atoms with Crippen molar-refractivity contribution in [2.45, 2.75) is 13.0 Å². The van der Waals surface area contributed by atoms with Gasteiger partial charge in [-0.2, -0.15) is 10.4 Å². The Morgan fingerprint density at radius 1 is 1.33 bits per heavy atom. The SMILES string of the molecule is COc1cc(C(=O)N2CCOCC2)ccc1Nc1ncc(Cl)c(-c2cnn(CCC#N)c2)n1. The van der Waals surface area contributed by atoms with Crippen LogP contribution in [0.2, 0.25) is 5.02 Å². The Labute approximate surface area is 195 Å². The molecule has 1 fully saturated rings. The van der Waals surface area contributed by atoms with Gasteiger partial charge in [-0.25, -0.2) is 9.97 Å². The minimum atomic E-state index is -0.0680. The molecule has 11 heteroatoms. The molecule has 0 atom stereocenters. The van der Waals surface area contributed by atoms with Crippen LogP contribution in [0.25, 0.3) is 11.3 Å². The van der Waals surface area contributed by atoms with Crippen molar-refractivity contribution in [1.29, 1.82) is 5.26 Å². The molecule has 33 heavy (non-hydrogen) atoms. The molecule has 10 nitrogen and oxygen atoms in total. The van der Waals surface area contributed by atoms with Crippen LogP contribution in [0.15, 0.2) is 36.8 Å².